The lowest BCUT2D eigenvalue weighted by Crippen LogP contribution is -2.36. The van der Waals surface area contributed by atoms with Crippen molar-refractivity contribution in [3.8, 4) is 11.3 Å². The zero-order valence-electron chi connectivity index (χ0n) is 14.3. The topological polar surface area (TPSA) is 64.0 Å². The van der Waals surface area contributed by atoms with Gasteiger partial charge in [0.15, 0.2) is 0 Å². The molecule has 5 nitrogen and oxygen atoms in total. The first-order valence-corrected chi connectivity index (χ1v) is 9.26. The van der Waals surface area contributed by atoms with Crippen molar-refractivity contribution < 1.29 is 4.79 Å². The van der Waals surface area contributed by atoms with Crippen LogP contribution in [0.3, 0.4) is 0 Å². The van der Waals surface area contributed by atoms with Gasteiger partial charge < -0.3 is 5.32 Å². The number of nitrogens with one attached hydrogen (secondary N) is 1. The summed E-state index contributed by atoms with van der Waals surface area (Å²) in [7, 11) is 0. The second-order valence-electron chi connectivity index (χ2n) is 7.04. The molecule has 1 saturated carbocycles. The predicted molar refractivity (Wildman–Crippen MR) is 101 cm³/mol. The molecule has 3 unspecified atom stereocenters. The monoisotopic (exact) mass is 369 g/mol. The Morgan fingerprint density at radius 3 is 2.77 bits per heavy atom. The standard InChI is InChI=1S/C20H20ClN3O2/c21-17-4-2-1-3-16(17)18-7-8-20(26)24(23-18)12-19(25)22-11-15-10-13-5-6-14(15)9-13/h1-8,13-15H,9-12H2,(H,22,25). The van der Waals surface area contributed by atoms with Crippen LogP contribution < -0.4 is 10.9 Å². The molecule has 1 fully saturated rings. The number of hydrogen-bond acceptors (Lipinski definition) is 3. The minimum atomic E-state index is -0.307. The second-order valence-corrected chi connectivity index (χ2v) is 7.45. The van der Waals surface area contributed by atoms with Crippen molar-refractivity contribution in [2.24, 2.45) is 17.8 Å². The van der Waals surface area contributed by atoms with Crippen LogP contribution in [-0.4, -0.2) is 22.2 Å². The third-order valence-corrected chi connectivity index (χ3v) is 5.62. The Morgan fingerprint density at radius 2 is 2.04 bits per heavy atom. The summed E-state index contributed by atoms with van der Waals surface area (Å²) in [4.78, 5) is 24.4. The summed E-state index contributed by atoms with van der Waals surface area (Å²) in [5, 5.41) is 7.82. The van der Waals surface area contributed by atoms with E-state index in [1.807, 2.05) is 18.2 Å². The third kappa shape index (κ3) is 3.44. The molecule has 2 aliphatic rings. The van der Waals surface area contributed by atoms with Crippen LogP contribution in [-0.2, 0) is 11.3 Å². The van der Waals surface area contributed by atoms with Crippen LogP contribution in [0.1, 0.15) is 12.8 Å². The van der Waals surface area contributed by atoms with Gasteiger partial charge in [0.25, 0.3) is 5.56 Å². The molecular formula is C20H20ClN3O2. The molecule has 4 rings (SSSR count). The first kappa shape index (κ1) is 17.0. The first-order chi connectivity index (χ1) is 12.6. The quantitative estimate of drug-likeness (QED) is 0.824. The minimum absolute atomic E-state index is 0.0895. The van der Waals surface area contributed by atoms with Gasteiger partial charge in [-0.25, -0.2) is 4.68 Å². The molecule has 2 aliphatic carbocycles. The Labute approximate surface area is 156 Å². The zero-order chi connectivity index (χ0) is 18.1. The molecule has 1 heterocycles. The molecule has 0 saturated heterocycles. The number of hydrogen-bond donors (Lipinski definition) is 1. The Morgan fingerprint density at radius 1 is 1.19 bits per heavy atom. The molecule has 2 aromatic rings. The molecule has 1 aromatic carbocycles. The second kappa shape index (κ2) is 7.08. The molecule has 0 radical (unpaired) electrons. The molecule has 0 spiro atoms. The maximum absolute atomic E-state index is 12.3. The van der Waals surface area contributed by atoms with Gasteiger partial charge in [-0.05, 0) is 42.7 Å². The van der Waals surface area contributed by atoms with E-state index in [9.17, 15) is 9.59 Å². The van der Waals surface area contributed by atoms with E-state index in [0.29, 0.717) is 35.0 Å². The van der Waals surface area contributed by atoms with E-state index in [4.69, 9.17) is 11.6 Å². The molecule has 134 valence electrons. The number of benzene rings is 1. The van der Waals surface area contributed by atoms with Gasteiger partial charge in [0.1, 0.15) is 6.54 Å². The predicted octanol–water partition coefficient (Wildman–Crippen LogP) is 2.89. The minimum Gasteiger partial charge on any atom is -0.354 e. The molecular weight excluding hydrogens is 350 g/mol. The maximum Gasteiger partial charge on any atom is 0.267 e. The highest BCUT2D eigenvalue weighted by Crippen LogP contribution is 2.42. The van der Waals surface area contributed by atoms with Crippen molar-refractivity contribution in [2.45, 2.75) is 19.4 Å². The van der Waals surface area contributed by atoms with Gasteiger partial charge in [-0.3, -0.25) is 9.59 Å². The number of carbonyl (C=O) groups excluding carboxylic acids is 1. The number of allylic oxidation sites excluding steroid dienone is 2. The Kier molecular flexibility index (Phi) is 4.64. The highest BCUT2D eigenvalue weighted by Gasteiger charge is 2.35. The lowest BCUT2D eigenvalue weighted by atomic mass is 9.94. The van der Waals surface area contributed by atoms with Crippen LogP contribution in [0.15, 0.2) is 53.3 Å². The SMILES string of the molecule is O=C(Cn1nc(-c2ccccc2Cl)ccc1=O)NCC1CC2C=CC1C2. The van der Waals surface area contributed by atoms with Crippen molar-refractivity contribution in [1.29, 1.82) is 0 Å². The molecule has 26 heavy (non-hydrogen) atoms. The van der Waals surface area contributed by atoms with Gasteiger partial charge in [-0.15, -0.1) is 0 Å². The van der Waals surface area contributed by atoms with E-state index in [1.165, 1.54) is 17.2 Å². The fourth-order valence-electron chi connectivity index (χ4n) is 3.94. The summed E-state index contributed by atoms with van der Waals surface area (Å²) in [5.41, 5.74) is 0.997. The van der Waals surface area contributed by atoms with Crippen molar-refractivity contribution in [1.82, 2.24) is 15.1 Å². The zero-order valence-corrected chi connectivity index (χ0v) is 15.0. The molecule has 6 heteroatoms. The van der Waals surface area contributed by atoms with E-state index in [2.05, 4.69) is 22.6 Å². The molecule has 2 bridgehead atoms. The smallest absolute Gasteiger partial charge is 0.267 e. The summed E-state index contributed by atoms with van der Waals surface area (Å²) >= 11 is 6.20. The summed E-state index contributed by atoms with van der Waals surface area (Å²) < 4.78 is 1.19. The van der Waals surface area contributed by atoms with Gasteiger partial charge in [0.05, 0.1) is 10.7 Å². The number of fused-ring (bicyclic) bond motifs is 2. The molecule has 1 amide bonds. The van der Waals surface area contributed by atoms with Crippen molar-refractivity contribution in [3.05, 3.63) is 63.9 Å². The molecule has 0 aliphatic heterocycles. The molecule has 1 N–H and O–H groups in total. The van der Waals surface area contributed by atoms with Crippen molar-refractivity contribution in [2.75, 3.05) is 6.54 Å². The average molecular weight is 370 g/mol. The summed E-state index contributed by atoms with van der Waals surface area (Å²) in [6.07, 6.45) is 6.90. The fourth-order valence-corrected chi connectivity index (χ4v) is 4.17. The number of rotatable bonds is 5. The third-order valence-electron chi connectivity index (χ3n) is 5.29. The number of halogens is 1. The van der Waals surface area contributed by atoms with Crippen LogP contribution in [0.4, 0.5) is 0 Å². The Balaban J connectivity index is 1.43. The number of amides is 1. The van der Waals surface area contributed by atoms with Gasteiger partial charge in [0, 0.05) is 18.2 Å². The lowest BCUT2D eigenvalue weighted by Gasteiger charge is -2.18. The molecule has 1 aromatic heterocycles. The van der Waals surface area contributed by atoms with Crippen LogP contribution in [0, 0.1) is 17.8 Å². The first-order valence-electron chi connectivity index (χ1n) is 8.88. The van der Waals surface area contributed by atoms with E-state index in [-0.39, 0.29) is 18.0 Å². The van der Waals surface area contributed by atoms with E-state index in [0.717, 1.165) is 12.0 Å². The average Bonchev–Trinajstić information content (AvgIpc) is 3.25. The van der Waals surface area contributed by atoms with Gasteiger partial charge in [0.2, 0.25) is 5.91 Å². The van der Waals surface area contributed by atoms with E-state index in [1.54, 1.807) is 12.1 Å². The van der Waals surface area contributed by atoms with E-state index < -0.39 is 0 Å². The maximum atomic E-state index is 12.3. The fraction of sp³-hybridized carbons (Fsp3) is 0.350. The Bertz CT molecular complexity index is 921. The normalized spacial score (nSPS) is 23.3. The number of nitrogens with zero attached hydrogens (tertiary/aromatic N) is 2. The van der Waals surface area contributed by atoms with Crippen molar-refractivity contribution >= 4 is 17.5 Å². The van der Waals surface area contributed by atoms with Crippen LogP contribution in [0.5, 0.6) is 0 Å². The Hall–Kier alpha value is -2.40. The summed E-state index contributed by atoms with van der Waals surface area (Å²) in [6, 6.07) is 10.3. The van der Waals surface area contributed by atoms with Crippen LogP contribution in [0.25, 0.3) is 11.3 Å². The lowest BCUT2D eigenvalue weighted by molar-refractivity contribution is -0.122. The number of carbonyl (C=O) groups is 1. The van der Waals surface area contributed by atoms with Gasteiger partial charge in [-0.2, -0.15) is 5.10 Å². The molecule has 3 atom stereocenters. The van der Waals surface area contributed by atoms with Crippen molar-refractivity contribution in [3.63, 3.8) is 0 Å². The number of aromatic nitrogens is 2. The van der Waals surface area contributed by atoms with Crippen LogP contribution >= 0.6 is 11.6 Å². The summed E-state index contributed by atoms with van der Waals surface area (Å²) in [6.45, 7) is 0.567. The highest BCUT2D eigenvalue weighted by atomic mass is 35.5. The van der Waals surface area contributed by atoms with E-state index >= 15 is 0 Å². The summed E-state index contributed by atoms with van der Waals surface area (Å²) in [5.74, 6) is 1.58. The largest absolute Gasteiger partial charge is 0.354 e. The van der Waals surface area contributed by atoms with Gasteiger partial charge in [-0.1, -0.05) is 42.0 Å². The van der Waals surface area contributed by atoms with Crippen LogP contribution in [0.2, 0.25) is 5.02 Å². The highest BCUT2D eigenvalue weighted by molar-refractivity contribution is 6.33. The van der Waals surface area contributed by atoms with Gasteiger partial charge >= 0.3 is 0 Å².